The predicted molar refractivity (Wildman–Crippen MR) is 124 cm³/mol. The van der Waals surface area contributed by atoms with E-state index in [2.05, 4.69) is 11.2 Å². The molecule has 0 bridgehead atoms. The van der Waals surface area contributed by atoms with Crippen LogP contribution in [0.15, 0.2) is 54.7 Å². The van der Waals surface area contributed by atoms with Crippen LogP contribution < -0.4 is 9.64 Å². The van der Waals surface area contributed by atoms with Gasteiger partial charge in [-0.3, -0.25) is 4.79 Å². The number of benzene rings is 2. The second-order valence-corrected chi connectivity index (χ2v) is 7.11. The zero-order chi connectivity index (χ0) is 23.8. The Labute approximate surface area is 193 Å². The molecule has 0 fully saturated rings. The Hall–Kier alpha value is -4.12. The average Bonchev–Trinajstić information content (AvgIpc) is 3.22. The fraction of sp³-hybridized carbons (Fsp3) is 0.280. The molecule has 0 N–H and O–H groups in total. The molecule has 0 radical (unpaired) electrons. The highest BCUT2D eigenvalue weighted by Gasteiger charge is 2.19. The van der Waals surface area contributed by atoms with Crippen LogP contribution in [-0.4, -0.2) is 41.4 Å². The highest BCUT2D eigenvalue weighted by Crippen LogP contribution is 2.23. The number of aromatic nitrogens is 2. The number of hydrogen-bond acceptors (Lipinski definition) is 6. The molecular weight excluding hydrogens is 420 g/mol. The lowest BCUT2D eigenvalue weighted by Gasteiger charge is -2.22. The maximum absolute atomic E-state index is 13.2. The van der Waals surface area contributed by atoms with Crippen molar-refractivity contribution in [3.05, 3.63) is 71.5 Å². The van der Waals surface area contributed by atoms with Crippen molar-refractivity contribution >= 4 is 17.6 Å². The number of amides is 1. The molecule has 3 rings (SSSR count). The van der Waals surface area contributed by atoms with Crippen molar-refractivity contribution in [3.63, 3.8) is 0 Å². The summed E-state index contributed by atoms with van der Waals surface area (Å²) in [4.78, 5) is 26.9. The van der Waals surface area contributed by atoms with E-state index in [1.54, 1.807) is 72.0 Å². The summed E-state index contributed by atoms with van der Waals surface area (Å²) in [6, 6.07) is 16.3. The van der Waals surface area contributed by atoms with E-state index in [0.29, 0.717) is 34.8 Å². The Kier molecular flexibility index (Phi) is 7.82. The van der Waals surface area contributed by atoms with Crippen molar-refractivity contribution in [1.82, 2.24) is 9.78 Å². The van der Waals surface area contributed by atoms with Crippen LogP contribution in [0.25, 0.3) is 5.69 Å². The second kappa shape index (κ2) is 11.0. The van der Waals surface area contributed by atoms with Gasteiger partial charge in [0.15, 0.2) is 0 Å². The van der Waals surface area contributed by atoms with Gasteiger partial charge in [0.1, 0.15) is 11.3 Å². The van der Waals surface area contributed by atoms with Crippen molar-refractivity contribution in [2.75, 3.05) is 24.7 Å². The van der Waals surface area contributed by atoms with Crippen LogP contribution in [0, 0.1) is 18.3 Å². The normalized spacial score (nSPS) is 10.4. The molecule has 1 heterocycles. The summed E-state index contributed by atoms with van der Waals surface area (Å²) < 4.78 is 12.2. The Morgan fingerprint density at radius 2 is 1.76 bits per heavy atom. The number of nitriles is 1. The Morgan fingerprint density at radius 1 is 1.06 bits per heavy atom. The quantitative estimate of drug-likeness (QED) is 0.454. The van der Waals surface area contributed by atoms with Gasteiger partial charge in [-0.15, -0.1) is 0 Å². The Bertz CT molecular complexity index is 1140. The largest absolute Gasteiger partial charge is 0.494 e. The first-order valence-corrected chi connectivity index (χ1v) is 10.7. The molecule has 1 amide bonds. The minimum Gasteiger partial charge on any atom is -0.494 e. The predicted octanol–water partition coefficient (Wildman–Crippen LogP) is 4.32. The molecule has 8 heteroatoms. The zero-order valence-corrected chi connectivity index (χ0v) is 18.9. The van der Waals surface area contributed by atoms with Crippen LogP contribution in [0.1, 0.15) is 46.7 Å². The van der Waals surface area contributed by atoms with E-state index in [0.717, 1.165) is 5.75 Å². The molecule has 0 unspecified atom stereocenters. The van der Waals surface area contributed by atoms with Crippen LogP contribution in [0.5, 0.6) is 5.75 Å². The lowest BCUT2D eigenvalue weighted by molar-refractivity contribution is 0.0525. The number of carbonyl (C=O) groups excluding carboxylic acids is 2. The van der Waals surface area contributed by atoms with Gasteiger partial charge in [-0.1, -0.05) is 0 Å². The molecule has 0 saturated heterocycles. The fourth-order valence-corrected chi connectivity index (χ4v) is 3.38. The van der Waals surface area contributed by atoms with Gasteiger partial charge in [0, 0.05) is 17.8 Å². The number of rotatable bonds is 9. The van der Waals surface area contributed by atoms with E-state index >= 15 is 0 Å². The Morgan fingerprint density at radius 3 is 2.36 bits per heavy atom. The smallest absolute Gasteiger partial charge is 0.341 e. The van der Waals surface area contributed by atoms with Gasteiger partial charge < -0.3 is 14.4 Å². The molecule has 170 valence electrons. The minimum absolute atomic E-state index is 0.208. The lowest BCUT2D eigenvalue weighted by Crippen LogP contribution is -2.31. The fourth-order valence-electron chi connectivity index (χ4n) is 3.38. The third-order valence-electron chi connectivity index (χ3n) is 5.02. The van der Waals surface area contributed by atoms with Crippen LogP contribution in [0.4, 0.5) is 5.69 Å². The van der Waals surface area contributed by atoms with Crippen LogP contribution in [0.2, 0.25) is 0 Å². The molecule has 0 aliphatic heterocycles. The van der Waals surface area contributed by atoms with E-state index in [9.17, 15) is 9.59 Å². The molecule has 33 heavy (non-hydrogen) atoms. The maximum atomic E-state index is 13.2. The van der Waals surface area contributed by atoms with E-state index in [1.165, 1.54) is 6.20 Å². The first-order valence-electron chi connectivity index (χ1n) is 10.7. The highest BCUT2D eigenvalue weighted by atomic mass is 16.5. The summed E-state index contributed by atoms with van der Waals surface area (Å²) in [6.07, 6.45) is 1.68. The average molecular weight is 447 g/mol. The first-order chi connectivity index (χ1) is 16.0. The molecule has 0 aliphatic rings. The first kappa shape index (κ1) is 23.5. The highest BCUT2D eigenvalue weighted by molar-refractivity contribution is 6.06. The van der Waals surface area contributed by atoms with Crippen molar-refractivity contribution in [1.29, 1.82) is 5.26 Å². The third kappa shape index (κ3) is 5.39. The molecule has 8 nitrogen and oxygen atoms in total. The number of hydrogen-bond donors (Lipinski definition) is 0. The molecule has 0 atom stereocenters. The standard InChI is InChI=1S/C25H26N4O4/c1-4-32-22-13-11-20(12-14-22)28(16-6-15-26)24(30)19-7-9-21(10-8-19)29-18(3)23(17-27-29)25(31)33-5-2/h7-14,17H,4-6,16H2,1-3H3. The molecule has 0 saturated carbocycles. The SMILES string of the molecule is CCOC(=O)c1cnn(-c2ccc(C(=O)N(CCC#N)c3ccc(OCC)cc3)cc2)c1C. The summed E-state index contributed by atoms with van der Waals surface area (Å²) in [5.74, 6) is 0.0805. The topological polar surface area (TPSA) is 97.5 Å². The van der Waals surface area contributed by atoms with E-state index < -0.39 is 5.97 Å². The van der Waals surface area contributed by atoms with Crippen molar-refractivity contribution < 1.29 is 19.1 Å². The summed E-state index contributed by atoms with van der Waals surface area (Å²) in [7, 11) is 0. The third-order valence-corrected chi connectivity index (χ3v) is 5.02. The summed E-state index contributed by atoms with van der Waals surface area (Å²) in [6.45, 7) is 6.56. The molecule has 1 aromatic heterocycles. The lowest BCUT2D eigenvalue weighted by atomic mass is 10.1. The molecule has 2 aromatic carbocycles. The monoisotopic (exact) mass is 446 g/mol. The van der Waals surface area contributed by atoms with Crippen LogP contribution in [-0.2, 0) is 4.74 Å². The van der Waals surface area contributed by atoms with Gasteiger partial charge in [-0.2, -0.15) is 10.4 Å². The number of anilines is 1. The van der Waals surface area contributed by atoms with Gasteiger partial charge in [0.2, 0.25) is 0 Å². The van der Waals surface area contributed by atoms with Crippen molar-refractivity contribution in [2.24, 2.45) is 0 Å². The summed E-state index contributed by atoms with van der Waals surface area (Å²) in [5, 5.41) is 13.3. The number of ether oxygens (including phenoxy) is 2. The summed E-state index contributed by atoms with van der Waals surface area (Å²) in [5.41, 5.74) is 2.92. The molecule has 3 aromatic rings. The molecule has 0 aliphatic carbocycles. The molecule has 0 spiro atoms. The molecular formula is C25H26N4O4. The van der Waals surface area contributed by atoms with Crippen molar-refractivity contribution in [2.45, 2.75) is 27.2 Å². The minimum atomic E-state index is -0.420. The van der Waals surface area contributed by atoms with Gasteiger partial charge >= 0.3 is 5.97 Å². The number of carbonyl (C=O) groups is 2. The zero-order valence-electron chi connectivity index (χ0n) is 18.9. The Balaban J connectivity index is 1.84. The van der Waals surface area contributed by atoms with Crippen LogP contribution >= 0.6 is 0 Å². The summed E-state index contributed by atoms with van der Waals surface area (Å²) >= 11 is 0. The van der Waals surface area contributed by atoms with Gasteiger partial charge in [0.25, 0.3) is 5.91 Å². The van der Waals surface area contributed by atoms with Crippen molar-refractivity contribution in [3.8, 4) is 17.5 Å². The number of esters is 1. The maximum Gasteiger partial charge on any atom is 0.341 e. The number of nitrogens with zero attached hydrogens (tertiary/aromatic N) is 4. The van der Waals surface area contributed by atoms with E-state index in [1.807, 2.05) is 6.92 Å². The van der Waals surface area contributed by atoms with E-state index in [-0.39, 0.29) is 25.5 Å². The van der Waals surface area contributed by atoms with Gasteiger partial charge in [-0.05, 0) is 69.3 Å². The van der Waals surface area contributed by atoms with Gasteiger partial charge in [0.05, 0.1) is 43.3 Å². The van der Waals surface area contributed by atoms with Gasteiger partial charge in [-0.25, -0.2) is 9.48 Å². The van der Waals surface area contributed by atoms with E-state index in [4.69, 9.17) is 14.7 Å². The van der Waals surface area contributed by atoms with Crippen LogP contribution in [0.3, 0.4) is 0 Å². The second-order valence-electron chi connectivity index (χ2n) is 7.11.